The fourth-order valence-corrected chi connectivity index (χ4v) is 2.42. The van der Waals surface area contributed by atoms with Crippen molar-refractivity contribution in [1.82, 2.24) is 5.32 Å². The van der Waals surface area contributed by atoms with E-state index >= 15 is 0 Å². The molecule has 3 N–H and O–H groups in total. The monoisotopic (exact) mass is 406 g/mol. The number of hydrogen-bond acceptors (Lipinski definition) is 3. The second kappa shape index (κ2) is 8.51. The maximum absolute atomic E-state index is 12.9. The van der Waals surface area contributed by atoms with Crippen molar-refractivity contribution in [3.8, 4) is 0 Å². The maximum Gasteiger partial charge on any atom is 0.416 e. The van der Waals surface area contributed by atoms with Crippen LogP contribution in [0.3, 0.4) is 0 Å². The summed E-state index contributed by atoms with van der Waals surface area (Å²) >= 11 is 0. The Morgan fingerprint density at radius 3 is 2.29 bits per heavy atom. The van der Waals surface area contributed by atoms with Gasteiger partial charge >= 0.3 is 12.4 Å². The van der Waals surface area contributed by atoms with Crippen LogP contribution in [0.2, 0.25) is 0 Å². The van der Waals surface area contributed by atoms with Gasteiger partial charge in [-0.05, 0) is 29.8 Å². The van der Waals surface area contributed by atoms with Crippen LogP contribution in [0.25, 0.3) is 0 Å². The lowest BCUT2D eigenvalue weighted by molar-refractivity contribution is -0.139. The quantitative estimate of drug-likeness (QED) is 0.636. The SMILES string of the molecule is O=C(CNc1cccc(C(F)(F)F)c1)NCC(O)c1ccccc1C(F)(F)F. The number of halogens is 6. The van der Waals surface area contributed by atoms with Gasteiger partial charge in [0.1, 0.15) is 0 Å². The van der Waals surface area contributed by atoms with Crippen molar-refractivity contribution in [2.75, 3.05) is 18.4 Å². The molecule has 152 valence electrons. The van der Waals surface area contributed by atoms with Crippen molar-refractivity contribution in [1.29, 1.82) is 0 Å². The standard InChI is InChI=1S/C18H16F6N2O2/c19-17(20,21)11-4-3-5-12(8-11)25-10-16(28)26-9-15(27)13-6-1-2-7-14(13)18(22,23)24/h1-8,15,25,27H,9-10H2,(H,26,28). The smallest absolute Gasteiger partial charge is 0.387 e. The molecule has 10 heteroatoms. The summed E-state index contributed by atoms with van der Waals surface area (Å²) in [4.78, 5) is 11.8. The highest BCUT2D eigenvalue weighted by Crippen LogP contribution is 2.34. The van der Waals surface area contributed by atoms with Crippen molar-refractivity contribution in [3.05, 3.63) is 65.2 Å². The van der Waals surface area contributed by atoms with Crippen LogP contribution in [0.15, 0.2) is 48.5 Å². The first-order chi connectivity index (χ1) is 13.0. The number of carbonyl (C=O) groups is 1. The Bertz CT molecular complexity index is 820. The van der Waals surface area contributed by atoms with Gasteiger partial charge in [-0.25, -0.2) is 0 Å². The number of anilines is 1. The predicted molar refractivity (Wildman–Crippen MR) is 89.3 cm³/mol. The molecule has 0 saturated heterocycles. The number of carbonyl (C=O) groups excluding carboxylic acids is 1. The third-order valence-corrected chi connectivity index (χ3v) is 3.76. The zero-order valence-corrected chi connectivity index (χ0v) is 14.2. The van der Waals surface area contributed by atoms with E-state index in [-0.39, 0.29) is 11.3 Å². The summed E-state index contributed by atoms with van der Waals surface area (Å²) in [6.45, 7) is -0.912. The van der Waals surface area contributed by atoms with Gasteiger partial charge in [-0.3, -0.25) is 4.79 Å². The van der Waals surface area contributed by atoms with Crippen LogP contribution in [0, 0.1) is 0 Å². The summed E-state index contributed by atoms with van der Waals surface area (Å²) in [5, 5.41) is 14.7. The number of rotatable bonds is 6. The van der Waals surface area contributed by atoms with Gasteiger partial charge in [-0.1, -0.05) is 24.3 Å². The lowest BCUT2D eigenvalue weighted by Gasteiger charge is -2.18. The van der Waals surface area contributed by atoms with Gasteiger partial charge in [0.25, 0.3) is 0 Å². The summed E-state index contributed by atoms with van der Waals surface area (Å²) in [7, 11) is 0. The normalized spacial score (nSPS) is 13.1. The first-order valence-corrected chi connectivity index (χ1v) is 8.00. The Labute approximate surface area is 156 Å². The second-order valence-corrected chi connectivity index (χ2v) is 5.84. The van der Waals surface area contributed by atoms with E-state index < -0.39 is 48.6 Å². The molecule has 0 aromatic heterocycles. The minimum Gasteiger partial charge on any atom is -0.387 e. The Balaban J connectivity index is 1.92. The predicted octanol–water partition coefficient (Wildman–Crippen LogP) is 3.99. The summed E-state index contributed by atoms with van der Waals surface area (Å²) < 4.78 is 76.7. The molecule has 1 amide bonds. The molecule has 4 nitrogen and oxygen atoms in total. The molecule has 0 saturated carbocycles. The minimum atomic E-state index is -4.66. The zero-order valence-electron chi connectivity index (χ0n) is 14.2. The average molecular weight is 406 g/mol. The van der Waals surface area contributed by atoms with Crippen LogP contribution < -0.4 is 10.6 Å². The Morgan fingerprint density at radius 1 is 0.964 bits per heavy atom. The Morgan fingerprint density at radius 2 is 1.64 bits per heavy atom. The first kappa shape index (κ1) is 21.5. The molecular formula is C18H16F6N2O2. The molecule has 1 atom stereocenters. The molecule has 2 rings (SSSR count). The van der Waals surface area contributed by atoms with Gasteiger partial charge in [0.2, 0.25) is 5.91 Å². The molecule has 2 aromatic carbocycles. The van der Waals surface area contributed by atoms with Crippen molar-refractivity contribution in [2.45, 2.75) is 18.5 Å². The molecule has 2 aromatic rings. The highest BCUT2D eigenvalue weighted by atomic mass is 19.4. The van der Waals surface area contributed by atoms with Crippen LogP contribution in [0.5, 0.6) is 0 Å². The molecular weight excluding hydrogens is 390 g/mol. The van der Waals surface area contributed by atoms with Crippen LogP contribution in [-0.2, 0) is 17.1 Å². The molecule has 0 fully saturated rings. The fraction of sp³-hybridized carbons (Fsp3) is 0.278. The van der Waals surface area contributed by atoms with Crippen LogP contribution in [0.4, 0.5) is 32.0 Å². The summed E-state index contributed by atoms with van der Waals surface area (Å²) in [5.74, 6) is -0.707. The Kier molecular flexibility index (Phi) is 6.55. The minimum absolute atomic E-state index is 0.0490. The van der Waals surface area contributed by atoms with Gasteiger partial charge in [0.15, 0.2) is 0 Å². The number of benzene rings is 2. The number of alkyl halides is 6. The molecule has 0 heterocycles. The summed E-state index contributed by atoms with van der Waals surface area (Å²) in [6.07, 6.45) is -10.8. The lowest BCUT2D eigenvalue weighted by atomic mass is 10.0. The van der Waals surface area contributed by atoms with Crippen molar-refractivity contribution in [3.63, 3.8) is 0 Å². The average Bonchev–Trinajstić information content (AvgIpc) is 2.63. The molecule has 0 spiro atoms. The number of hydrogen-bond donors (Lipinski definition) is 3. The molecule has 0 bridgehead atoms. The van der Waals surface area contributed by atoms with E-state index in [0.717, 1.165) is 24.3 Å². The van der Waals surface area contributed by atoms with Gasteiger partial charge in [0.05, 0.1) is 23.8 Å². The topological polar surface area (TPSA) is 61.4 Å². The van der Waals surface area contributed by atoms with E-state index in [4.69, 9.17) is 0 Å². The number of amides is 1. The zero-order chi connectivity index (χ0) is 20.9. The number of nitrogens with one attached hydrogen (secondary N) is 2. The van der Waals surface area contributed by atoms with Crippen LogP contribution in [-0.4, -0.2) is 24.1 Å². The van der Waals surface area contributed by atoms with Gasteiger partial charge < -0.3 is 15.7 Å². The van der Waals surface area contributed by atoms with Gasteiger partial charge in [-0.2, -0.15) is 26.3 Å². The molecule has 0 aliphatic rings. The van der Waals surface area contributed by atoms with E-state index in [1.807, 2.05) is 0 Å². The largest absolute Gasteiger partial charge is 0.416 e. The van der Waals surface area contributed by atoms with E-state index in [1.165, 1.54) is 24.3 Å². The molecule has 0 radical (unpaired) electrons. The maximum atomic E-state index is 12.9. The Hall–Kier alpha value is -2.75. The number of aliphatic hydroxyl groups is 1. The molecule has 0 aliphatic heterocycles. The third-order valence-electron chi connectivity index (χ3n) is 3.76. The van der Waals surface area contributed by atoms with Crippen molar-refractivity contribution in [2.24, 2.45) is 0 Å². The van der Waals surface area contributed by atoms with Gasteiger partial charge in [0, 0.05) is 12.2 Å². The molecule has 0 aliphatic carbocycles. The lowest BCUT2D eigenvalue weighted by Crippen LogP contribution is -2.33. The number of aliphatic hydroxyl groups excluding tert-OH is 1. The fourth-order valence-electron chi connectivity index (χ4n) is 2.42. The van der Waals surface area contributed by atoms with Crippen molar-refractivity contribution < 1.29 is 36.2 Å². The van der Waals surface area contributed by atoms with E-state index in [9.17, 15) is 36.2 Å². The molecule has 1 unspecified atom stereocenters. The van der Waals surface area contributed by atoms with Crippen LogP contribution >= 0.6 is 0 Å². The molecule has 28 heavy (non-hydrogen) atoms. The van der Waals surface area contributed by atoms with Gasteiger partial charge in [-0.15, -0.1) is 0 Å². The highest BCUT2D eigenvalue weighted by molar-refractivity contribution is 5.80. The summed E-state index contributed by atoms with van der Waals surface area (Å²) in [6, 6.07) is 8.61. The van der Waals surface area contributed by atoms with E-state index in [0.29, 0.717) is 0 Å². The van der Waals surface area contributed by atoms with E-state index in [2.05, 4.69) is 10.6 Å². The third kappa shape index (κ3) is 5.88. The summed E-state index contributed by atoms with van der Waals surface area (Å²) in [5.41, 5.74) is -2.25. The van der Waals surface area contributed by atoms with Crippen molar-refractivity contribution >= 4 is 11.6 Å². The highest BCUT2D eigenvalue weighted by Gasteiger charge is 2.34. The van der Waals surface area contributed by atoms with E-state index in [1.54, 1.807) is 0 Å². The second-order valence-electron chi connectivity index (χ2n) is 5.84. The van der Waals surface area contributed by atoms with Crippen LogP contribution in [0.1, 0.15) is 22.8 Å². The first-order valence-electron chi connectivity index (χ1n) is 8.00.